The Morgan fingerprint density at radius 1 is 0.438 bits per heavy atom. The van der Waals surface area contributed by atoms with Gasteiger partial charge in [-0.2, -0.15) is 52.7 Å². The van der Waals surface area contributed by atoms with Gasteiger partial charge < -0.3 is 20.4 Å². The first-order valence-corrected chi connectivity index (χ1v) is 7.73. The summed E-state index contributed by atoms with van der Waals surface area (Å²) in [5.41, 5.74) is -15.9. The van der Waals surface area contributed by atoms with E-state index in [-0.39, 0.29) is 24.3 Å². The highest BCUT2D eigenvalue weighted by Gasteiger charge is 2.73. The maximum Gasteiger partial charge on any atom is 0.430 e. The van der Waals surface area contributed by atoms with Gasteiger partial charge in [-0.25, -0.2) is 0 Å². The van der Waals surface area contributed by atoms with E-state index in [0.717, 1.165) is 0 Å². The topological polar surface area (TPSA) is 80.9 Å². The highest BCUT2D eigenvalue weighted by Crippen LogP contribution is 2.56. The molecule has 2 rings (SSSR count). The van der Waals surface area contributed by atoms with E-state index >= 15 is 0 Å². The van der Waals surface area contributed by atoms with Crippen molar-refractivity contribution in [1.29, 1.82) is 0 Å². The Kier molecular flexibility index (Phi) is 5.56. The smallest absolute Gasteiger partial charge is 0.430 e. The maximum absolute atomic E-state index is 13.0. The van der Waals surface area contributed by atoms with Crippen LogP contribution in [-0.4, -0.2) is 45.1 Å². The number of phenolic OH excluding ortho intramolecular Hbond substituents is 2. The quantitative estimate of drug-likeness (QED) is 0.451. The van der Waals surface area contributed by atoms with Crippen LogP contribution >= 0.6 is 0 Å². The van der Waals surface area contributed by atoms with Gasteiger partial charge in [-0.15, -0.1) is 0 Å². The van der Waals surface area contributed by atoms with Crippen molar-refractivity contribution in [1.82, 2.24) is 0 Å². The molecule has 4 nitrogen and oxygen atoms in total. The Bertz CT molecular complexity index is 922. The Balaban J connectivity index is 2.93. The third kappa shape index (κ3) is 3.35. The van der Waals surface area contributed by atoms with Gasteiger partial charge in [-0.1, -0.05) is 12.1 Å². The molecule has 0 aliphatic heterocycles. The molecule has 0 bridgehead atoms. The predicted molar refractivity (Wildman–Crippen MR) is 79.3 cm³/mol. The first-order valence-electron chi connectivity index (χ1n) is 7.73. The summed E-state index contributed by atoms with van der Waals surface area (Å²) in [5.74, 6) is -4.10. The van der Waals surface area contributed by atoms with Crippen molar-refractivity contribution in [3.05, 3.63) is 35.4 Å². The number of hydrogen-bond donors (Lipinski definition) is 4. The standard InChI is InChI=1S/C16H8F12O4/c17-13(18,19)11(31,14(20,21)22)7-3-1-5-6(10(7)30)2-4-8(9(5)29)12(32,15(23,24)25)16(26,27)28/h1-4,29-32H. The SMILES string of the molecule is Oc1c(C(O)(C(F)(F)F)C(F)(F)F)ccc2c(O)c(C(O)(C(F)(F)F)C(F)(F)F)ccc12. The molecule has 0 spiro atoms. The van der Waals surface area contributed by atoms with E-state index in [0.29, 0.717) is 0 Å². The molecule has 2 aromatic carbocycles. The van der Waals surface area contributed by atoms with Gasteiger partial charge in [0.25, 0.3) is 11.2 Å². The molecular formula is C16H8F12O4. The molecule has 32 heavy (non-hydrogen) atoms. The fraction of sp³-hybridized carbons (Fsp3) is 0.375. The highest BCUT2D eigenvalue weighted by molar-refractivity contribution is 5.95. The average molecular weight is 492 g/mol. The van der Waals surface area contributed by atoms with Crippen LogP contribution in [0.25, 0.3) is 10.8 Å². The highest BCUT2D eigenvalue weighted by atomic mass is 19.4. The van der Waals surface area contributed by atoms with Gasteiger partial charge >= 0.3 is 24.7 Å². The lowest BCUT2D eigenvalue weighted by molar-refractivity contribution is -0.377. The number of benzene rings is 2. The minimum absolute atomic E-state index is 0.00115. The van der Waals surface area contributed by atoms with Gasteiger partial charge in [-0.3, -0.25) is 0 Å². The first kappa shape index (κ1) is 25.6. The van der Waals surface area contributed by atoms with Crippen molar-refractivity contribution >= 4 is 10.8 Å². The molecule has 0 amide bonds. The number of phenols is 2. The third-order valence-corrected chi connectivity index (χ3v) is 4.56. The molecule has 16 heteroatoms. The second-order valence-electron chi connectivity index (χ2n) is 6.43. The monoisotopic (exact) mass is 492 g/mol. The van der Waals surface area contributed by atoms with E-state index in [1.165, 1.54) is 0 Å². The summed E-state index contributed by atoms with van der Waals surface area (Å²) in [6.07, 6.45) is -25.9. The Morgan fingerprint density at radius 3 is 0.844 bits per heavy atom. The van der Waals surface area contributed by atoms with Crippen LogP contribution in [0, 0.1) is 0 Å². The molecule has 0 aliphatic carbocycles. The number of alkyl halides is 12. The van der Waals surface area contributed by atoms with E-state index < -0.39 is 69.3 Å². The second kappa shape index (κ2) is 6.94. The summed E-state index contributed by atoms with van der Waals surface area (Å²) in [5, 5.41) is 35.9. The minimum atomic E-state index is -6.48. The molecule has 0 fully saturated rings. The van der Waals surface area contributed by atoms with E-state index in [1.807, 2.05) is 0 Å². The van der Waals surface area contributed by atoms with E-state index in [2.05, 4.69) is 0 Å². The van der Waals surface area contributed by atoms with E-state index in [4.69, 9.17) is 0 Å². The second-order valence-corrected chi connectivity index (χ2v) is 6.43. The van der Waals surface area contributed by atoms with Crippen LogP contribution in [0.2, 0.25) is 0 Å². The molecule has 0 heterocycles. The van der Waals surface area contributed by atoms with Crippen LogP contribution in [0.1, 0.15) is 11.1 Å². The lowest BCUT2D eigenvalue weighted by atomic mass is 9.86. The molecule has 0 unspecified atom stereocenters. The summed E-state index contributed by atoms with van der Waals surface area (Å²) < 4.78 is 156. The summed E-state index contributed by atoms with van der Waals surface area (Å²) >= 11 is 0. The van der Waals surface area contributed by atoms with E-state index in [1.54, 1.807) is 0 Å². The van der Waals surface area contributed by atoms with Gasteiger partial charge in [0.2, 0.25) is 0 Å². The molecule has 0 atom stereocenters. The zero-order valence-electron chi connectivity index (χ0n) is 14.6. The van der Waals surface area contributed by atoms with Crippen LogP contribution < -0.4 is 0 Å². The van der Waals surface area contributed by atoms with Gasteiger partial charge in [-0.05, 0) is 12.1 Å². The lowest BCUT2D eigenvalue weighted by Gasteiger charge is -2.34. The zero-order valence-corrected chi connectivity index (χ0v) is 14.6. The van der Waals surface area contributed by atoms with Crippen molar-refractivity contribution in [3.8, 4) is 11.5 Å². The molecule has 2 aromatic rings. The Morgan fingerprint density at radius 2 is 0.656 bits per heavy atom. The number of fused-ring (bicyclic) bond motifs is 1. The van der Waals surface area contributed by atoms with Crippen LogP contribution in [0.5, 0.6) is 11.5 Å². The van der Waals surface area contributed by atoms with Crippen LogP contribution in [-0.2, 0) is 11.2 Å². The number of aromatic hydroxyl groups is 2. The van der Waals surface area contributed by atoms with Gasteiger partial charge in [0, 0.05) is 21.9 Å². The van der Waals surface area contributed by atoms with Crippen LogP contribution in [0.15, 0.2) is 24.3 Å². The number of halogens is 12. The molecule has 0 saturated heterocycles. The summed E-state index contributed by atoms with van der Waals surface area (Å²) in [7, 11) is 0. The predicted octanol–water partition coefficient (Wildman–Crippen LogP) is 4.88. The number of hydrogen-bond acceptors (Lipinski definition) is 4. The lowest BCUT2D eigenvalue weighted by Crippen LogP contribution is -2.54. The minimum Gasteiger partial charge on any atom is -0.507 e. The van der Waals surface area contributed by atoms with Crippen LogP contribution in [0.4, 0.5) is 52.7 Å². The van der Waals surface area contributed by atoms with Crippen molar-refractivity contribution in [2.45, 2.75) is 35.9 Å². The van der Waals surface area contributed by atoms with E-state index in [9.17, 15) is 73.1 Å². The fourth-order valence-corrected chi connectivity index (χ4v) is 2.89. The number of rotatable bonds is 2. The Labute approximate surface area is 167 Å². The van der Waals surface area contributed by atoms with Gasteiger partial charge in [0.15, 0.2) is 0 Å². The normalized spacial score (nSPS) is 14.8. The summed E-state index contributed by atoms with van der Waals surface area (Å²) in [6.45, 7) is 0. The van der Waals surface area contributed by atoms with Crippen LogP contribution in [0.3, 0.4) is 0 Å². The molecule has 0 radical (unpaired) electrons. The molecule has 0 saturated carbocycles. The molecule has 4 N–H and O–H groups in total. The van der Waals surface area contributed by atoms with Crippen molar-refractivity contribution in [2.24, 2.45) is 0 Å². The largest absolute Gasteiger partial charge is 0.507 e. The van der Waals surface area contributed by atoms with Gasteiger partial charge in [0.05, 0.1) is 0 Å². The summed E-state index contributed by atoms with van der Waals surface area (Å²) in [6, 6.07) is -0.609. The van der Waals surface area contributed by atoms with Gasteiger partial charge in [0.1, 0.15) is 11.5 Å². The average Bonchev–Trinajstić information content (AvgIpc) is 2.57. The zero-order chi connectivity index (χ0) is 25.3. The van der Waals surface area contributed by atoms with Crippen molar-refractivity contribution in [2.75, 3.05) is 0 Å². The van der Waals surface area contributed by atoms with Crippen molar-refractivity contribution in [3.63, 3.8) is 0 Å². The third-order valence-electron chi connectivity index (χ3n) is 4.56. The maximum atomic E-state index is 13.0. The first-order chi connectivity index (χ1) is 14.0. The summed E-state index contributed by atoms with van der Waals surface area (Å²) in [4.78, 5) is 0. The molecule has 0 aliphatic rings. The Hall–Kier alpha value is -2.62. The fourth-order valence-electron chi connectivity index (χ4n) is 2.89. The van der Waals surface area contributed by atoms with Crippen molar-refractivity contribution < 1.29 is 73.1 Å². The molecule has 0 aromatic heterocycles. The molecule has 180 valence electrons. The number of aliphatic hydroxyl groups is 2. The molecular weight excluding hydrogens is 484 g/mol.